The Labute approximate surface area is 298 Å². The fourth-order valence-electron chi connectivity index (χ4n) is 7.03. The van der Waals surface area contributed by atoms with Crippen LogP contribution in [-0.4, -0.2) is 92.7 Å². The first-order valence-electron chi connectivity index (χ1n) is 17.3. The summed E-state index contributed by atoms with van der Waals surface area (Å²) in [4.78, 5) is 36.7. The maximum Gasteiger partial charge on any atom is 0.253 e. The summed E-state index contributed by atoms with van der Waals surface area (Å²) in [6, 6.07) is 21.2. The third-order valence-corrected chi connectivity index (χ3v) is 9.87. The van der Waals surface area contributed by atoms with Gasteiger partial charge in [-0.3, -0.25) is 9.59 Å². The number of furan rings is 1. The van der Waals surface area contributed by atoms with Crippen LogP contribution in [0.25, 0.3) is 11.0 Å². The Morgan fingerprint density at radius 1 is 0.922 bits per heavy atom. The maximum atomic E-state index is 14.0. The summed E-state index contributed by atoms with van der Waals surface area (Å²) in [6.07, 6.45) is 5.70. The molecule has 11 heteroatoms. The van der Waals surface area contributed by atoms with E-state index in [-0.39, 0.29) is 23.5 Å². The fraction of sp³-hybridized carbons (Fsp3) is 0.375. The number of ether oxygens (including phenoxy) is 4. The van der Waals surface area contributed by atoms with Crippen molar-refractivity contribution in [2.75, 3.05) is 61.7 Å². The van der Waals surface area contributed by atoms with Crippen molar-refractivity contribution in [1.82, 2.24) is 19.4 Å². The van der Waals surface area contributed by atoms with Crippen LogP contribution in [0.4, 0.5) is 0 Å². The molecule has 51 heavy (non-hydrogen) atoms. The monoisotopic (exact) mass is 694 g/mol. The number of para-hydroxylation sites is 2. The third kappa shape index (κ3) is 7.88. The smallest absolute Gasteiger partial charge is 0.253 e. The zero-order valence-corrected chi connectivity index (χ0v) is 30.0. The number of imidazole rings is 1. The van der Waals surface area contributed by atoms with Crippen molar-refractivity contribution in [1.29, 1.82) is 0 Å². The first-order chi connectivity index (χ1) is 24.8. The van der Waals surface area contributed by atoms with Gasteiger partial charge >= 0.3 is 0 Å². The van der Waals surface area contributed by atoms with Gasteiger partial charge in [-0.15, -0.1) is 0 Å². The van der Waals surface area contributed by atoms with Crippen molar-refractivity contribution in [3.05, 3.63) is 102 Å². The van der Waals surface area contributed by atoms with Crippen molar-refractivity contribution in [3.63, 3.8) is 0 Å². The lowest BCUT2D eigenvalue weighted by molar-refractivity contribution is 0.0778. The van der Waals surface area contributed by atoms with Crippen molar-refractivity contribution < 1.29 is 33.0 Å². The van der Waals surface area contributed by atoms with E-state index in [1.807, 2.05) is 60.1 Å². The molecule has 1 amide bonds. The van der Waals surface area contributed by atoms with Gasteiger partial charge in [0.25, 0.3) is 5.91 Å². The lowest BCUT2D eigenvalue weighted by Crippen LogP contribution is -2.38. The Balaban J connectivity index is 1.13. The van der Waals surface area contributed by atoms with Crippen LogP contribution in [0.5, 0.6) is 23.0 Å². The molecule has 0 bridgehead atoms. The molecule has 1 saturated heterocycles. The molecule has 5 aromatic rings. The summed E-state index contributed by atoms with van der Waals surface area (Å²) >= 11 is 0. The van der Waals surface area contributed by atoms with E-state index >= 15 is 0 Å². The number of methoxy groups -OCH3 is 4. The second-order valence-corrected chi connectivity index (χ2v) is 13.0. The molecule has 268 valence electrons. The zero-order valence-electron chi connectivity index (χ0n) is 30.0. The average molecular weight is 695 g/mol. The second-order valence-electron chi connectivity index (χ2n) is 13.0. The van der Waals surface area contributed by atoms with Crippen molar-refractivity contribution >= 4 is 22.7 Å². The van der Waals surface area contributed by atoms with Crippen LogP contribution in [0.1, 0.15) is 57.3 Å². The van der Waals surface area contributed by atoms with Gasteiger partial charge < -0.3 is 37.7 Å². The second kappa shape index (κ2) is 16.2. The van der Waals surface area contributed by atoms with Crippen LogP contribution >= 0.6 is 0 Å². The summed E-state index contributed by atoms with van der Waals surface area (Å²) < 4.78 is 29.3. The Morgan fingerprint density at radius 3 is 2.33 bits per heavy atom. The number of rotatable bonds is 15. The van der Waals surface area contributed by atoms with Gasteiger partial charge in [0.05, 0.1) is 58.5 Å². The number of ketones is 1. The molecule has 1 atom stereocenters. The molecular formula is C40H46N4O7. The molecule has 0 N–H and O–H groups in total. The molecule has 0 radical (unpaired) electrons. The van der Waals surface area contributed by atoms with Crippen LogP contribution < -0.4 is 18.9 Å². The normalized spacial score (nSPS) is 14.3. The number of nitrogens with zero attached hydrogens (tertiary/aromatic N) is 4. The molecule has 6 rings (SSSR count). The molecule has 3 aromatic carbocycles. The lowest BCUT2D eigenvalue weighted by atomic mass is 9.90. The minimum atomic E-state index is -0.153. The summed E-state index contributed by atoms with van der Waals surface area (Å²) in [6.45, 7) is 3.46. The van der Waals surface area contributed by atoms with E-state index < -0.39 is 0 Å². The maximum absolute atomic E-state index is 14.0. The summed E-state index contributed by atoms with van der Waals surface area (Å²) in [7, 11) is 8.08. The van der Waals surface area contributed by atoms with Crippen LogP contribution in [0.2, 0.25) is 0 Å². The fourth-order valence-corrected chi connectivity index (χ4v) is 7.03. The number of hydrogen-bond donors (Lipinski definition) is 0. The van der Waals surface area contributed by atoms with E-state index in [2.05, 4.69) is 11.0 Å². The lowest BCUT2D eigenvalue weighted by Gasteiger charge is -2.33. The van der Waals surface area contributed by atoms with Crippen LogP contribution in [0, 0.1) is 5.92 Å². The van der Waals surface area contributed by atoms with E-state index in [0.29, 0.717) is 41.7 Å². The van der Waals surface area contributed by atoms with Gasteiger partial charge in [0.2, 0.25) is 11.5 Å². The number of amides is 1. The van der Waals surface area contributed by atoms with Gasteiger partial charge in [0.1, 0.15) is 5.75 Å². The van der Waals surface area contributed by atoms with Crippen molar-refractivity contribution in [2.45, 2.75) is 31.7 Å². The first-order valence-corrected chi connectivity index (χ1v) is 17.3. The van der Waals surface area contributed by atoms with E-state index in [9.17, 15) is 9.59 Å². The number of likely N-dealkylation sites (N-methyl/N-ethyl adjacent to an activating group) is 1. The highest BCUT2D eigenvalue weighted by molar-refractivity contribution is 5.98. The molecule has 3 heterocycles. The minimum Gasteiger partial charge on any atom is -0.497 e. The number of piperidine rings is 1. The number of Topliss-reactive ketones (excluding diaryl/α,β-unsaturated/α-hetero) is 1. The molecule has 0 saturated carbocycles. The number of aromatic nitrogens is 2. The first kappa shape index (κ1) is 35.5. The van der Waals surface area contributed by atoms with E-state index in [1.165, 1.54) is 21.3 Å². The summed E-state index contributed by atoms with van der Waals surface area (Å²) in [5, 5.41) is 0. The molecule has 1 aliphatic rings. The molecule has 1 aliphatic heterocycles. The highest BCUT2D eigenvalue weighted by Gasteiger charge is 2.30. The molecule has 1 fully saturated rings. The highest BCUT2D eigenvalue weighted by atomic mass is 16.5. The van der Waals surface area contributed by atoms with Gasteiger partial charge in [0.15, 0.2) is 17.3 Å². The number of hydrogen-bond acceptors (Lipinski definition) is 9. The number of likely N-dealkylation sites (tertiary alicyclic amines) is 1. The van der Waals surface area contributed by atoms with Crippen LogP contribution in [0.15, 0.2) is 83.7 Å². The Bertz CT molecular complexity index is 1920. The van der Waals surface area contributed by atoms with Gasteiger partial charge in [0, 0.05) is 36.6 Å². The molecule has 0 spiro atoms. The van der Waals surface area contributed by atoms with Crippen molar-refractivity contribution in [2.24, 2.45) is 5.92 Å². The summed E-state index contributed by atoms with van der Waals surface area (Å²) in [5.74, 6) is 2.45. The van der Waals surface area contributed by atoms with Gasteiger partial charge in [-0.1, -0.05) is 24.3 Å². The van der Waals surface area contributed by atoms with E-state index in [1.54, 1.807) is 36.7 Å². The quantitative estimate of drug-likeness (QED) is 0.113. The topological polar surface area (TPSA) is 109 Å². The Hall–Kier alpha value is -5.29. The number of carbonyl (C=O) groups excluding carboxylic acids is 2. The Kier molecular flexibility index (Phi) is 11.3. The number of fused-ring (bicyclic) bond motifs is 1. The standard InChI is InChI=1S/C40H46N4O7/c1-42(40(46)31-22-35(48-3)38(50-5)36(23-31)49-4)25-30(29-9-8-10-32(21-29)47-2)15-19-43-17-13-28(14-18-43)37(45)39-41-33-11-6-7-12-34(33)44(39)24-27-16-20-51-26-27/h6-12,16,20-23,26,28,30H,13-15,17-19,24-25H2,1-5H3. The number of benzene rings is 3. The largest absolute Gasteiger partial charge is 0.497 e. The van der Waals surface area contributed by atoms with Gasteiger partial charge in [-0.05, 0) is 86.9 Å². The zero-order chi connectivity index (χ0) is 35.9. The predicted octanol–water partition coefficient (Wildman–Crippen LogP) is 6.55. The predicted molar refractivity (Wildman–Crippen MR) is 194 cm³/mol. The average Bonchev–Trinajstić information content (AvgIpc) is 3.83. The molecular weight excluding hydrogens is 648 g/mol. The highest BCUT2D eigenvalue weighted by Crippen LogP contribution is 2.38. The van der Waals surface area contributed by atoms with E-state index in [0.717, 1.165) is 66.8 Å². The Morgan fingerprint density at radius 2 is 1.67 bits per heavy atom. The molecule has 2 aromatic heterocycles. The molecule has 0 aliphatic carbocycles. The molecule has 1 unspecified atom stereocenters. The van der Waals surface area contributed by atoms with E-state index in [4.69, 9.17) is 28.3 Å². The van der Waals surface area contributed by atoms with Crippen molar-refractivity contribution in [3.8, 4) is 23.0 Å². The molecule has 11 nitrogen and oxygen atoms in total. The minimum absolute atomic E-state index is 0.0401. The van der Waals surface area contributed by atoms with Crippen LogP contribution in [-0.2, 0) is 6.54 Å². The summed E-state index contributed by atoms with van der Waals surface area (Å²) in [5.41, 5.74) is 4.29. The third-order valence-electron chi connectivity index (χ3n) is 9.87. The number of carbonyl (C=O) groups is 2. The van der Waals surface area contributed by atoms with Gasteiger partial charge in [-0.25, -0.2) is 4.98 Å². The van der Waals surface area contributed by atoms with Crippen LogP contribution in [0.3, 0.4) is 0 Å². The van der Waals surface area contributed by atoms with Gasteiger partial charge in [-0.2, -0.15) is 0 Å². The SMILES string of the molecule is COc1cccc(C(CCN2CCC(C(=O)c3nc4ccccc4n3Cc3ccoc3)CC2)CN(C)C(=O)c2cc(OC)c(OC)c(OC)c2)c1.